The summed E-state index contributed by atoms with van der Waals surface area (Å²) in [5.41, 5.74) is 4.85. The predicted molar refractivity (Wildman–Crippen MR) is 76.0 cm³/mol. The molecule has 0 spiro atoms. The number of aromatic nitrogens is 1. The van der Waals surface area contributed by atoms with Crippen LogP contribution in [0.3, 0.4) is 0 Å². The van der Waals surface area contributed by atoms with Gasteiger partial charge in [0.25, 0.3) is 0 Å². The van der Waals surface area contributed by atoms with Crippen LogP contribution in [0.15, 0.2) is 42.7 Å². The fourth-order valence-corrected chi connectivity index (χ4v) is 2.49. The Morgan fingerprint density at radius 2 is 1.55 bits per heavy atom. The summed E-state index contributed by atoms with van der Waals surface area (Å²) < 4.78 is 1.92. The molecule has 0 amide bonds. The maximum Gasteiger partial charge on any atom is 0.206 e. The number of nitrogens with zero attached hydrogens (tertiary/aromatic N) is 1. The van der Waals surface area contributed by atoms with Gasteiger partial charge in [-0.15, -0.1) is 0 Å². The Labute approximate surface area is 131 Å². The summed E-state index contributed by atoms with van der Waals surface area (Å²) in [4.78, 5) is 12.2. The Kier molecular flexibility index (Phi) is 6.08. The molecule has 1 heterocycles. The van der Waals surface area contributed by atoms with Gasteiger partial charge in [-0.3, -0.25) is 4.79 Å². The minimum absolute atomic E-state index is 0. The van der Waals surface area contributed by atoms with Crippen molar-refractivity contribution in [2.45, 2.75) is 33.7 Å². The highest BCUT2D eigenvalue weighted by Gasteiger charge is 2.13. The van der Waals surface area contributed by atoms with Crippen molar-refractivity contribution in [2.75, 3.05) is 0 Å². The lowest BCUT2D eigenvalue weighted by molar-refractivity contribution is -0.684. The molecule has 0 atom stereocenters. The van der Waals surface area contributed by atoms with Crippen LogP contribution in [0.5, 0.6) is 0 Å². The van der Waals surface area contributed by atoms with Crippen LogP contribution in [0, 0.1) is 20.8 Å². The Hall–Kier alpha value is -1.48. The molecule has 0 N–H and O–H groups in total. The van der Waals surface area contributed by atoms with E-state index < -0.39 is 0 Å². The van der Waals surface area contributed by atoms with Crippen LogP contribution in [-0.4, -0.2) is 5.78 Å². The quantitative estimate of drug-likeness (QED) is 0.705. The number of halogens is 1. The van der Waals surface area contributed by atoms with E-state index in [1.54, 1.807) is 0 Å². The van der Waals surface area contributed by atoms with Gasteiger partial charge in [0.15, 0.2) is 12.4 Å². The highest BCUT2D eigenvalue weighted by Crippen LogP contribution is 2.17. The predicted octanol–water partition coefficient (Wildman–Crippen LogP) is -0.285. The van der Waals surface area contributed by atoms with Crippen LogP contribution in [0.2, 0.25) is 0 Å². The standard InChI is InChI=1S/C17H20NO.BrH/c1-13-9-14(2)17(15(3)10-13)11-16(19)12-18-7-5-4-6-8-18;/h4-10H,11-12H2,1-3H3;1H/q+1;/p-1. The molecular formula is C17H20BrNO. The van der Waals surface area contributed by atoms with Crippen LogP contribution < -0.4 is 21.5 Å². The minimum atomic E-state index is 0. The molecule has 3 heteroatoms. The van der Waals surface area contributed by atoms with Gasteiger partial charge < -0.3 is 17.0 Å². The van der Waals surface area contributed by atoms with Crippen molar-refractivity contribution in [3.8, 4) is 0 Å². The largest absolute Gasteiger partial charge is 1.00 e. The first-order chi connectivity index (χ1) is 9.06. The third-order valence-electron chi connectivity index (χ3n) is 3.35. The molecule has 0 aliphatic rings. The SMILES string of the molecule is Cc1cc(C)c(CC(=O)C[n+]2ccccc2)c(C)c1.[Br-]. The van der Waals surface area contributed by atoms with Gasteiger partial charge in [0, 0.05) is 18.6 Å². The van der Waals surface area contributed by atoms with E-state index in [4.69, 9.17) is 0 Å². The topological polar surface area (TPSA) is 20.9 Å². The zero-order valence-corrected chi connectivity index (χ0v) is 13.8. The number of benzene rings is 1. The van der Waals surface area contributed by atoms with Crippen molar-refractivity contribution in [2.24, 2.45) is 0 Å². The molecule has 0 saturated carbocycles. The third-order valence-corrected chi connectivity index (χ3v) is 3.35. The Bertz CT molecular complexity index is 570. The van der Waals surface area contributed by atoms with E-state index in [2.05, 4.69) is 32.9 Å². The van der Waals surface area contributed by atoms with Gasteiger partial charge in [0.05, 0.1) is 0 Å². The number of carbonyl (C=O) groups is 1. The lowest BCUT2D eigenvalue weighted by Gasteiger charge is -2.09. The molecule has 0 unspecified atom stereocenters. The molecule has 0 aliphatic heterocycles. The van der Waals surface area contributed by atoms with Crippen molar-refractivity contribution in [1.82, 2.24) is 0 Å². The summed E-state index contributed by atoms with van der Waals surface area (Å²) in [5, 5.41) is 0. The molecule has 1 aromatic heterocycles. The number of Topliss-reactive ketones (excluding diaryl/α,β-unsaturated/α-hetero) is 1. The van der Waals surface area contributed by atoms with Crippen LogP contribution in [-0.2, 0) is 17.8 Å². The maximum atomic E-state index is 12.2. The van der Waals surface area contributed by atoms with E-state index in [0.29, 0.717) is 13.0 Å². The average Bonchev–Trinajstić information content (AvgIpc) is 2.35. The lowest BCUT2D eigenvalue weighted by Crippen LogP contribution is -3.00. The second kappa shape index (κ2) is 7.34. The second-order valence-corrected chi connectivity index (χ2v) is 5.14. The van der Waals surface area contributed by atoms with E-state index in [-0.39, 0.29) is 22.8 Å². The van der Waals surface area contributed by atoms with Crippen LogP contribution in [0.1, 0.15) is 22.3 Å². The minimum Gasteiger partial charge on any atom is -1.00 e. The number of hydrogen-bond acceptors (Lipinski definition) is 1. The van der Waals surface area contributed by atoms with E-state index >= 15 is 0 Å². The van der Waals surface area contributed by atoms with Gasteiger partial charge >= 0.3 is 0 Å². The van der Waals surface area contributed by atoms with Crippen molar-refractivity contribution < 1.29 is 26.3 Å². The van der Waals surface area contributed by atoms with Crippen molar-refractivity contribution in [3.63, 3.8) is 0 Å². The summed E-state index contributed by atoms with van der Waals surface area (Å²) >= 11 is 0. The number of carbonyl (C=O) groups excluding carboxylic acids is 1. The van der Waals surface area contributed by atoms with E-state index in [1.165, 1.54) is 22.3 Å². The summed E-state index contributed by atoms with van der Waals surface area (Å²) in [6, 6.07) is 10.1. The molecule has 0 radical (unpaired) electrons. The average molecular weight is 334 g/mol. The number of ketones is 1. The summed E-state index contributed by atoms with van der Waals surface area (Å²) in [6.45, 7) is 6.69. The number of rotatable bonds is 4. The van der Waals surface area contributed by atoms with E-state index in [9.17, 15) is 4.79 Å². The summed E-state index contributed by atoms with van der Waals surface area (Å²) in [6.07, 6.45) is 4.36. The molecule has 1 aromatic carbocycles. The van der Waals surface area contributed by atoms with Gasteiger partial charge in [-0.2, -0.15) is 4.57 Å². The number of aryl methyl sites for hydroxylation is 3. The Balaban J connectivity index is 0.00000200. The normalized spacial score (nSPS) is 9.95. The first-order valence-electron chi connectivity index (χ1n) is 6.59. The first kappa shape index (κ1) is 16.6. The third kappa shape index (κ3) is 4.27. The zero-order chi connectivity index (χ0) is 13.8. The molecule has 0 aliphatic carbocycles. The summed E-state index contributed by atoms with van der Waals surface area (Å²) in [5.74, 6) is 0.242. The molecule has 0 saturated heterocycles. The van der Waals surface area contributed by atoms with E-state index in [1.807, 2.05) is 35.2 Å². The van der Waals surface area contributed by atoms with Gasteiger partial charge in [-0.25, -0.2) is 0 Å². The molecule has 2 rings (SSSR count). The molecule has 106 valence electrons. The van der Waals surface area contributed by atoms with Gasteiger partial charge in [0.1, 0.15) is 0 Å². The maximum absolute atomic E-state index is 12.2. The monoisotopic (exact) mass is 333 g/mol. The Morgan fingerprint density at radius 1 is 1.00 bits per heavy atom. The molecule has 20 heavy (non-hydrogen) atoms. The van der Waals surface area contributed by atoms with Crippen LogP contribution in [0.4, 0.5) is 0 Å². The van der Waals surface area contributed by atoms with E-state index in [0.717, 1.165) is 0 Å². The lowest BCUT2D eigenvalue weighted by atomic mass is 9.96. The van der Waals surface area contributed by atoms with Gasteiger partial charge in [-0.05, 0) is 37.5 Å². The molecule has 0 bridgehead atoms. The second-order valence-electron chi connectivity index (χ2n) is 5.14. The first-order valence-corrected chi connectivity index (χ1v) is 6.59. The smallest absolute Gasteiger partial charge is 0.206 e. The highest BCUT2D eigenvalue weighted by atomic mass is 79.9. The van der Waals surface area contributed by atoms with Crippen molar-refractivity contribution in [3.05, 3.63) is 65.0 Å². The number of hydrogen-bond donors (Lipinski definition) is 0. The molecular weight excluding hydrogens is 314 g/mol. The fraction of sp³-hybridized carbons (Fsp3) is 0.294. The van der Waals surface area contributed by atoms with Crippen molar-refractivity contribution in [1.29, 1.82) is 0 Å². The molecule has 2 nitrogen and oxygen atoms in total. The number of pyridine rings is 1. The fourth-order valence-electron chi connectivity index (χ4n) is 2.49. The molecule has 0 fully saturated rings. The Morgan fingerprint density at radius 3 is 2.10 bits per heavy atom. The van der Waals surface area contributed by atoms with Crippen LogP contribution in [0.25, 0.3) is 0 Å². The summed E-state index contributed by atoms with van der Waals surface area (Å²) in [7, 11) is 0. The van der Waals surface area contributed by atoms with Crippen LogP contribution >= 0.6 is 0 Å². The van der Waals surface area contributed by atoms with Gasteiger partial charge in [-0.1, -0.05) is 23.8 Å². The highest BCUT2D eigenvalue weighted by molar-refractivity contribution is 5.80. The van der Waals surface area contributed by atoms with Crippen molar-refractivity contribution >= 4 is 5.78 Å². The molecule has 2 aromatic rings. The zero-order valence-electron chi connectivity index (χ0n) is 12.2. The van der Waals surface area contributed by atoms with Gasteiger partial charge in [0.2, 0.25) is 12.3 Å².